The molecule has 3 aromatic rings. The van der Waals surface area contributed by atoms with Gasteiger partial charge in [0.2, 0.25) is 5.95 Å². The Bertz CT molecular complexity index is 749. The second-order valence-corrected chi connectivity index (χ2v) is 3.63. The van der Waals surface area contributed by atoms with E-state index in [1.165, 1.54) is 0 Å². The lowest BCUT2D eigenvalue weighted by Gasteiger charge is -2.03. The Kier molecular flexibility index (Phi) is 2.30. The van der Waals surface area contributed by atoms with Gasteiger partial charge in [0, 0.05) is 5.69 Å². The van der Waals surface area contributed by atoms with Crippen molar-refractivity contribution in [2.24, 2.45) is 0 Å². The number of halogens is 1. The number of hydrogen-bond acceptors (Lipinski definition) is 4. The normalized spacial score (nSPS) is 10.7. The number of aromatic nitrogens is 4. The predicted octanol–water partition coefficient (Wildman–Crippen LogP) is 1.53. The van der Waals surface area contributed by atoms with Gasteiger partial charge in [0.05, 0.1) is 0 Å². The molecule has 2 heterocycles. The van der Waals surface area contributed by atoms with E-state index < -0.39 is 11.6 Å². The summed E-state index contributed by atoms with van der Waals surface area (Å²) in [7, 11) is 0. The molecule has 18 heavy (non-hydrogen) atoms. The second kappa shape index (κ2) is 3.95. The number of para-hydroxylation sites is 1. The lowest BCUT2D eigenvalue weighted by atomic mass is 10.3. The number of H-pyrrole nitrogens is 2. The van der Waals surface area contributed by atoms with Crippen LogP contribution in [0.25, 0.3) is 11.2 Å². The first-order valence-electron chi connectivity index (χ1n) is 5.20. The first kappa shape index (κ1) is 10.5. The Morgan fingerprint density at radius 2 is 1.89 bits per heavy atom. The zero-order valence-electron chi connectivity index (χ0n) is 9.07. The molecule has 3 N–H and O–H groups in total. The molecule has 7 heteroatoms. The summed E-state index contributed by atoms with van der Waals surface area (Å²) in [4.78, 5) is 23.8. The van der Waals surface area contributed by atoms with Crippen LogP contribution in [0.15, 0.2) is 35.1 Å². The molecule has 0 aliphatic rings. The molecule has 0 saturated carbocycles. The predicted molar refractivity (Wildman–Crippen MR) is 64.2 cm³/mol. The van der Waals surface area contributed by atoms with Crippen LogP contribution in [0.2, 0.25) is 0 Å². The summed E-state index contributed by atoms with van der Waals surface area (Å²) in [5, 5.41) is 2.90. The molecule has 0 amide bonds. The molecule has 0 aliphatic heterocycles. The fraction of sp³-hybridized carbons (Fsp3) is 0. The molecular weight excluding hydrogens is 237 g/mol. The third-order valence-corrected chi connectivity index (χ3v) is 2.37. The van der Waals surface area contributed by atoms with Crippen molar-refractivity contribution in [3.8, 4) is 0 Å². The number of rotatable bonds is 2. The SMILES string of the molecule is O=c1[nH]c(Nc2ccccc2)nc2nc(F)[nH]c12. The monoisotopic (exact) mass is 245 g/mol. The van der Waals surface area contributed by atoms with Crippen molar-refractivity contribution in [3.63, 3.8) is 0 Å². The zero-order chi connectivity index (χ0) is 12.5. The van der Waals surface area contributed by atoms with Crippen LogP contribution < -0.4 is 10.9 Å². The van der Waals surface area contributed by atoms with Gasteiger partial charge in [-0.15, -0.1) is 0 Å². The van der Waals surface area contributed by atoms with E-state index in [1.54, 1.807) is 0 Å². The van der Waals surface area contributed by atoms with Gasteiger partial charge in [0.15, 0.2) is 11.2 Å². The topological polar surface area (TPSA) is 86.5 Å². The van der Waals surface area contributed by atoms with Gasteiger partial charge in [-0.1, -0.05) is 18.2 Å². The maximum Gasteiger partial charge on any atom is 0.289 e. The summed E-state index contributed by atoms with van der Waals surface area (Å²) in [6, 6.07) is 9.18. The summed E-state index contributed by atoms with van der Waals surface area (Å²) in [6.07, 6.45) is -0.833. The van der Waals surface area contributed by atoms with E-state index in [0.717, 1.165) is 5.69 Å². The summed E-state index contributed by atoms with van der Waals surface area (Å²) in [6.45, 7) is 0. The Morgan fingerprint density at radius 3 is 2.67 bits per heavy atom. The molecule has 6 nitrogen and oxygen atoms in total. The molecule has 3 rings (SSSR count). The van der Waals surface area contributed by atoms with Crippen LogP contribution in [0.5, 0.6) is 0 Å². The minimum atomic E-state index is -0.833. The van der Waals surface area contributed by atoms with Crippen molar-refractivity contribution in [1.29, 1.82) is 0 Å². The highest BCUT2D eigenvalue weighted by Crippen LogP contribution is 2.12. The van der Waals surface area contributed by atoms with E-state index in [9.17, 15) is 9.18 Å². The first-order chi connectivity index (χ1) is 8.72. The largest absolute Gasteiger partial charge is 0.326 e. The fourth-order valence-electron chi connectivity index (χ4n) is 1.60. The van der Waals surface area contributed by atoms with Gasteiger partial charge < -0.3 is 10.3 Å². The molecule has 0 unspecified atom stereocenters. The highest BCUT2D eigenvalue weighted by molar-refractivity contribution is 5.70. The van der Waals surface area contributed by atoms with Crippen LogP contribution in [0, 0.1) is 6.08 Å². The van der Waals surface area contributed by atoms with E-state index in [2.05, 4.69) is 25.3 Å². The molecule has 0 saturated heterocycles. The van der Waals surface area contributed by atoms with Gasteiger partial charge in [-0.25, -0.2) is 0 Å². The highest BCUT2D eigenvalue weighted by Gasteiger charge is 2.09. The average Bonchev–Trinajstić information content (AvgIpc) is 2.72. The third-order valence-electron chi connectivity index (χ3n) is 2.37. The van der Waals surface area contributed by atoms with Crippen LogP contribution in [0.1, 0.15) is 0 Å². The van der Waals surface area contributed by atoms with Crippen molar-refractivity contribution in [1.82, 2.24) is 19.9 Å². The second-order valence-electron chi connectivity index (χ2n) is 3.63. The van der Waals surface area contributed by atoms with Gasteiger partial charge in [-0.3, -0.25) is 9.78 Å². The van der Waals surface area contributed by atoms with Crippen molar-refractivity contribution in [2.75, 3.05) is 5.32 Å². The number of aromatic amines is 2. The molecular formula is C11H8FN5O. The Balaban J connectivity index is 2.05. The van der Waals surface area contributed by atoms with Gasteiger partial charge >= 0.3 is 0 Å². The molecule has 0 atom stereocenters. The number of hydrogen-bond donors (Lipinski definition) is 3. The number of nitrogens with zero attached hydrogens (tertiary/aromatic N) is 2. The Morgan fingerprint density at radius 1 is 1.11 bits per heavy atom. The van der Waals surface area contributed by atoms with Gasteiger partial charge in [-0.05, 0) is 12.1 Å². The number of anilines is 2. The number of nitrogens with one attached hydrogen (secondary N) is 3. The molecule has 0 bridgehead atoms. The van der Waals surface area contributed by atoms with E-state index in [0.29, 0.717) is 0 Å². The van der Waals surface area contributed by atoms with Crippen molar-refractivity contribution in [2.45, 2.75) is 0 Å². The molecule has 0 radical (unpaired) electrons. The van der Waals surface area contributed by atoms with Gasteiger partial charge in [0.25, 0.3) is 11.6 Å². The zero-order valence-corrected chi connectivity index (χ0v) is 9.07. The highest BCUT2D eigenvalue weighted by atomic mass is 19.1. The lowest BCUT2D eigenvalue weighted by Crippen LogP contribution is -2.11. The number of benzene rings is 1. The maximum atomic E-state index is 12.9. The third kappa shape index (κ3) is 1.81. The van der Waals surface area contributed by atoms with Crippen LogP contribution in [-0.4, -0.2) is 19.9 Å². The van der Waals surface area contributed by atoms with Crippen molar-refractivity contribution in [3.05, 3.63) is 46.8 Å². The first-order valence-corrected chi connectivity index (χ1v) is 5.20. The number of fused-ring (bicyclic) bond motifs is 1. The van der Waals surface area contributed by atoms with Gasteiger partial charge in [0.1, 0.15) is 0 Å². The van der Waals surface area contributed by atoms with E-state index in [4.69, 9.17) is 0 Å². The van der Waals surface area contributed by atoms with Crippen molar-refractivity contribution >= 4 is 22.8 Å². The Labute approximate surface area is 99.9 Å². The Hall–Kier alpha value is -2.70. The van der Waals surface area contributed by atoms with E-state index in [-0.39, 0.29) is 17.1 Å². The average molecular weight is 245 g/mol. The minimum absolute atomic E-state index is 0.0195. The maximum absolute atomic E-state index is 12.9. The van der Waals surface area contributed by atoms with Crippen LogP contribution in [0.4, 0.5) is 16.0 Å². The summed E-state index contributed by atoms with van der Waals surface area (Å²) in [5.74, 6) is 0.213. The van der Waals surface area contributed by atoms with E-state index >= 15 is 0 Å². The fourth-order valence-corrected chi connectivity index (χ4v) is 1.60. The molecule has 0 aliphatic carbocycles. The standard InChI is InChI=1S/C11H8FN5O/c12-10-14-7-8(15-10)16-11(17-9(7)18)13-6-4-2-1-3-5-6/h1-5H,(H3,13,14,15,16,17,18). The van der Waals surface area contributed by atoms with Crippen LogP contribution in [-0.2, 0) is 0 Å². The molecule has 0 fully saturated rings. The lowest BCUT2D eigenvalue weighted by molar-refractivity contribution is 0.556. The molecule has 1 aromatic carbocycles. The van der Waals surface area contributed by atoms with Crippen molar-refractivity contribution < 1.29 is 4.39 Å². The van der Waals surface area contributed by atoms with Crippen LogP contribution >= 0.6 is 0 Å². The summed E-state index contributed by atoms with van der Waals surface area (Å²) in [5.41, 5.74) is 0.339. The smallest absolute Gasteiger partial charge is 0.289 e. The summed E-state index contributed by atoms with van der Waals surface area (Å²) >= 11 is 0. The molecule has 90 valence electrons. The van der Waals surface area contributed by atoms with Gasteiger partial charge in [-0.2, -0.15) is 14.4 Å². The van der Waals surface area contributed by atoms with E-state index in [1.807, 2.05) is 30.3 Å². The molecule has 0 spiro atoms. The number of imidazole rings is 1. The molecule has 2 aromatic heterocycles. The minimum Gasteiger partial charge on any atom is -0.326 e. The summed E-state index contributed by atoms with van der Waals surface area (Å²) < 4.78 is 12.9. The quantitative estimate of drug-likeness (QED) is 0.597. The van der Waals surface area contributed by atoms with Crippen LogP contribution in [0.3, 0.4) is 0 Å².